The SMILES string of the molecule is CN(CS)Cc1ccccc1. The molecule has 0 aliphatic heterocycles. The van der Waals surface area contributed by atoms with E-state index in [1.807, 2.05) is 6.07 Å². The molecule has 11 heavy (non-hydrogen) atoms. The topological polar surface area (TPSA) is 3.24 Å². The average Bonchev–Trinajstić information content (AvgIpc) is 2.06. The molecule has 0 atom stereocenters. The molecule has 0 saturated carbocycles. The van der Waals surface area contributed by atoms with Crippen LogP contribution in [0.25, 0.3) is 0 Å². The Balaban J connectivity index is 2.51. The van der Waals surface area contributed by atoms with Gasteiger partial charge in [-0.2, -0.15) is 12.6 Å². The van der Waals surface area contributed by atoms with Crippen molar-refractivity contribution in [2.45, 2.75) is 6.54 Å². The first-order valence-corrected chi connectivity index (χ1v) is 4.29. The molecular weight excluding hydrogens is 154 g/mol. The van der Waals surface area contributed by atoms with Crippen LogP contribution in [0.1, 0.15) is 5.56 Å². The third kappa shape index (κ3) is 2.95. The molecule has 0 spiro atoms. The second-order valence-corrected chi connectivity index (χ2v) is 2.92. The first-order chi connectivity index (χ1) is 5.33. The normalized spacial score (nSPS) is 10.5. The largest absolute Gasteiger partial charge is 0.293 e. The van der Waals surface area contributed by atoms with Crippen LogP contribution in [0.2, 0.25) is 0 Å². The molecule has 0 bridgehead atoms. The third-order valence-electron chi connectivity index (χ3n) is 1.54. The quantitative estimate of drug-likeness (QED) is 0.532. The van der Waals surface area contributed by atoms with E-state index in [4.69, 9.17) is 0 Å². The van der Waals surface area contributed by atoms with E-state index in [0.717, 1.165) is 12.4 Å². The third-order valence-corrected chi connectivity index (χ3v) is 2.02. The first-order valence-electron chi connectivity index (χ1n) is 3.66. The lowest BCUT2D eigenvalue weighted by Gasteiger charge is -2.12. The molecular formula is C9H13NS. The van der Waals surface area contributed by atoms with Crippen LogP contribution in [-0.4, -0.2) is 17.8 Å². The van der Waals surface area contributed by atoms with Crippen molar-refractivity contribution in [1.29, 1.82) is 0 Å². The van der Waals surface area contributed by atoms with Gasteiger partial charge in [-0.1, -0.05) is 30.3 Å². The minimum absolute atomic E-state index is 0.800. The second-order valence-electron chi connectivity index (χ2n) is 2.64. The Labute approximate surface area is 73.4 Å². The molecule has 0 N–H and O–H groups in total. The van der Waals surface area contributed by atoms with Crippen molar-refractivity contribution in [2.75, 3.05) is 12.9 Å². The summed E-state index contributed by atoms with van der Waals surface area (Å²) in [7, 11) is 2.06. The molecule has 60 valence electrons. The van der Waals surface area contributed by atoms with Gasteiger partial charge in [-0.3, -0.25) is 4.90 Å². The minimum Gasteiger partial charge on any atom is -0.293 e. The molecule has 0 amide bonds. The Morgan fingerprint density at radius 3 is 2.45 bits per heavy atom. The Morgan fingerprint density at radius 2 is 1.91 bits per heavy atom. The second kappa shape index (κ2) is 4.42. The number of rotatable bonds is 3. The van der Waals surface area contributed by atoms with Gasteiger partial charge in [0.15, 0.2) is 0 Å². The number of nitrogens with zero attached hydrogens (tertiary/aromatic N) is 1. The van der Waals surface area contributed by atoms with Crippen LogP contribution in [0, 0.1) is 0 Å². The van der Waals surface area contributed by atoms with E-state index >= 15 is 0 Å². The van der Waals surface area contributed by atoms with Crippen LogP contribution < -0.4 is 0 Å². The fourth-order valence-corrected chi connectivity index (χ4v) is 1.05. The predicted octanol–water partition coefficient (Wildman–Crippen LogP) is 2.01. The van der Waals surface area contributed by atoms with Crippen molar-refractivity contribution >= 4 is 12.6 Å². The number of benzene rings is 1. The molecule has 2 heteroatoms. The van der Waals surface area contributed by atoms with E-state index in [1.54, 1.807) is 0 Å². The average molecular weight is 167 g/mol. The summed E-state index contributed by atoms with van der Waals surface area (Å²) in [4.78, 5) is 2.15. The summed E-state index contributed by atoms with van der Waals surface area (Å²) in [5.74, 6) is 0.800. The van der Waals surface area contributed by atoms with E-state index in [1.165, 1.54) is 5.56 Å². The van der Waals surface area contributed by atoms with Crippen LogP contribution in [0.5, 0.6) is 0 Å². The molecule has 0 aromatic heterocycles. The van der Waals surface area contributed by atoms with Crippen molar-refractivity contribution in [3.8, 4) is 0 Å². The van der Waals surface area contributed by atoms with E-state index in [-0.39, 0.29) is 0 Å². The van der Waals surface area contributed by atoms with Crippen molar-refractivity contribution in [3.63, 3.8) is 0 Å². The fraction of sp³-hybridized carbons (Fsp3) is 0.333. The van der Waals surface area contributed by atoms with Crippen LogP contribution in [-0.2, 0) is 6.54 Å². The van der Waals surface area contributed by atoms with Crippen LogP contribution >= 0.6 is 12.6 Å². The van der Waals surface area contributed by atoms with E-state index in [9.17, 15) is 0 Å². The van der Waals surface area contributed by atoms with Crippen molar-refractivity contribution in [2.24, 2.45) is 0 Å². The van der Waals surface area contributed by atoms with E-state index < -0.39 is 0 Å². The van der Waals surface area contributed by atoms with Gasteiger partial charge in [0, 0.05) is 12.4 Å². The number of thiol groups is 1. The molecule has 1 aromatic rings. The molecule has 0 fully saturated rings. The summed E-state index contributed by atoms with van der Waals surface area (Å²) < 4.78 is 0. The first kappa shape index (κ1) is 8.62. The van der Waals surface area contributed by atoms with Crippen molar-refractivity contribution < 1.29 is 0 Å². The van der Waals surface area contributed by atoms with Crippen LogP contribution in [0.15, 0.2) is 30.3 Å². The Morgan fingerprint density at radius 1 is 1.27 bits per heavy atom. The zero-order chi connectivity index (χ0) is 8.10. The van der Waals surface area contributed by atoms with Gasteiger partial charge >= 0.3 is 0 Å². The highest BCUT2D eigenvalue weighted by Crippen LogP contribution is 2.02. The van der Waals surface area contributed by atoms with Crippen LogP contribution in [0.3, 0.4) is 0 Å². The molecule has 1 nitrogen and oxygen atoms in total. The summed E-state index contributed by atoms with van der Waals surface area (Å²) in [5.41, 5.74) is 1.34. The number of hydrogen-bond donors (Lipinski definition) is 1. The van der Waals surface area contributed by atoms with Gasteiger partial charge in [0.2, 0.25) is 0 Å². The maximum atomic E-state index is 4.17. The summed E-state index contributed by atoms with van der Waals surface area (Å²) in [6, 6.07) is 10.4. The maximum Gasteiger partial charge on any atom is 0.0414 e. The molecule has 1 rings (SSSR count). The summed E-state index contributed by atoms with van der Waals surface area (Å²) in [5, 5.41) is 0. The van der Waals surface area contributed by atoms with Crippen LogP contribution in [0.4, 0.5) is 0 Å². The summed E-state index contributed by atoms with van der Waals surface area (Å²) >= 11 is 4.17. The molecule has 1 aromatic carbocycles. The highest BCUT2D eigenvalue weighted by molar-refractivity contribution is 7.80. The lowest BCUT2D eigenvalue weighted by atomic mass is 10.2. The zero-order valence-corrected chi connectivity index (χ0v) is 7.59. The summed E-state index contributed by atoms with van der Waals surface area (Å²) in [6.07, 6.45) is 0. The van der Waals surface area contributed by atoms with Gasteiger partial charge in [-0.05, 0) is 12.6 Å². The highest BCUT2D eigenvalue weighted by atomic mass is 32.1. The van der Waals surface area contributed by atoms with Gasteiger partial charge in [0.1, 0.15) is 0 Å². The van der Waals surface area contributed by atoms with Gasteiger partial charge in [-0.25, -0.2) is 0 Å². The van der Waals surface area contributed by atoms with Gasteiger partial charge in [-0.15, -0.1) is 0 Å². The molecule has 0 saturated heterocycles. The fourth-order valence-electron chi connectivity index (χ4n) is 0.945. The number of hydrogen-bond acceptors (Lipinski definition) is 2. The van der Waals surface area contributed by atoms with Crippen molar-refractivity contribution in [3.05, 3.63) is 35.9 Å². The smallest absolute Gasteiger partial charge is 0.0414 e. The lowest BCUT2D eigenvalue weighted by Crippen LogP contribution is -2.15. The zero-order valence-electron chi connectivity index (χ0n) is 6.70. The highest BCUT2D eigenvalue weighted by Gasteiger charge is 1.94. The van der Waals surface area contributed by atoms with E-state index in [0.29, 0.717) is 0 Å². The molecule has 0 aliphatic rings. The molecule has 0 radical (unpaired) electrons. The van der Waals surface area contributed by atoms with E-state index in [2.05, 4.69) is 48.8 Å². The summed E-state index contributed by atoms with van der Waals surface area (Å²) in [6.45, 7) is 0.977. The Hall–Kier alpha value is -0.470. The van der Waals surface area contributed by atoms with Gasteiger partial charge in [0.05, 0.1) is 0 Å². The molecule has 0 aliphatic carbocycles. The minimum atomic E-state index is 0.800. The molecule has 0 unspecified atom stereocenters. The Kier molecular flexibility index (Phi) is 3.46. The lowest BCUT2D eigenvalue weighted by molar-refractivity contribution is 0.387. The van der Waals surface area contributed by atoms with Gasteiger partial charge < -0.3 is 0 Å². The Bertz CT molecular complexity index is 198. The standard InChI is InChI=1S/C9H13NS/c1-10(8-11)7-9-5-3-2-4-6-9/h2-6,11H,7-8H2,1H3. The van der Waals surface area contributed by atoms with Crippen molar-refractivity contribution in [1.82, 2.24) is 4.90 Å². The maximum absolute atomic E-state index is 4.17. The monoisotopic (exact) mass is 167 g/mol. The van der Waals surface area contributed by atoms with Gasteiger partial charge in [0.25, 0.3) is 0 Å². The molecule has 0 heterocycles. The predicted molar refractivity (Wildman–Crippen MR) is 51.8 cm³/mol.